The molecule has 0 aliphatic carbocycles. The fraction of sp³-hybridized carbons (Fsp3) is 0.0417. The number of carbonyl (C=O) groups excluding carboxylic acids is 2. The number of methoxy groups -OCH3 is 1. The lowest BCUT2D eigenvalue weighted by Gasteiger charge is -2.14. The number of thiophene rings is 1. The third-order valence-electron chi connectivity index (χ3n) is 4.69. The smallest absolute Gasteiger partial charge is 0.265 e. The Labute approximate surface area is 194 Å². The van der Waals surface area contributed by atoms with Crippen molar-refractivity contribution in [2.24, 2.45) is 0 Å². The summed E-state index contributed by atoms with van der Waals surface area (Å²) in [7, 11) is 1.51. The Morgan fingerprint density at radius 3 is 2.44 bits per heavy atom. The van der Waals surface area contributed by atoms with E-state index in [4.69, 9.17) is 17.0 Å². The van der Waals surface area contributed by atoms with E-state index in [-0.39, 0.29) is 16.9 Å². The molecule has 0 radical (unpaired) electrons. The number of nitrogens with one attached hydrogen (secondary N) is 3. The Morgan fingerprint density at radius 2 is 1.69 bits per heavy atom. The Kier molecular flexibility index (Phi) is 6.44. The van der Waals surface area contributed by atoms with E-state index in [2.05, 4.69) is 16.0 Å². The first-order valence-electron chi connectivity index (χ1n) is 9.67. The van der Waals surface area contributed by atoms with Gasteiger partial charge in [0.25, 0.3) is 11.8 Å². The Morgan fingerprint density at radius 1 is 0.875 bits per heavy atom. The monoisotopic (exact) mass is 461 g/mol. The minimum atomic E-state index is -0.306. The minimum absolute atomic E-state index is 0.153. The lowest BCUT2D eigenvalue weighted by Crippen LogP contribution is -2.34. The van der Waals surface area contributed by atoms with Gasteiger partial charge in [0.05, 0.1) is 17.7 Å². The van der Waals surface area contributed by atoms with Gasteiger partial charge in [-0.25, -0.2) is 0 Å². The molecular weight excluding hydrogens is 442 g/mol. The zero-order valence-electron chi connectivity index (χ0n) is 17.0. The lowest BCUT2D eigenvalue weighted by molar-refractivity contribution is 0.0976. The second-order valence-corrected chi connectivity index (χ2v) is 8.17. The maximum atomic E-state index is 12.6. The number of hydrogen-bond donors (Lipinski definition) is 3. The molecule has 32 heavy (non-hydrogen) atoms. The topological polar surface area (TPSA) is 79.5 Å². The Bertz CT molecular complexity index is 1300. The lowest BCUT2D eigenvalue weighted by atomic mass is 10.1. The fourth-order valence-electron chi connectivity index (χ4n) is 3.13. The van der Waals surface area contributed by atoms with Crippen LogP contribution in [0.15, 0.2) is 78.2 Å². The summed E-state index contributed by atoms with van der Waals surface area (Å²) in [5, 5.41) is 12.5. The Balaban J connectivity index is 1.42. The summed E-state index contributed by atoms with van der Waals surface area (Å²) in [6.45, 7) is 0. The first-order chi connectivity index (χ1) is 15.5. The van der Waals surface area contributed by atoms with Gasteiger partial charge in [0.2, 0.25) is 0 Å². The first kappa shape index (κ1) is 21.5. The van der Waals surface area contributed by atoms with E-state index in [1.54, 1.807) is 30.3 Å². The van der Waals surface area contributed by atoms with Crippen LogP contribution in [0.1, 0.15) is 20.0 Å². The predicted molar refractivity (Wildman–Crippen MR) is 133 cm³/mol. The molecule has 0 spiro atoms. The predicted octanol–water partition coefficient (Wildman–Crippen LogP) is 5.29. The molecular formula is C24H19N3O3S2. The third kappa shape index (κ3) is 4.93. The SMILES string of the molecule is COc1cc(NC(=S)NC(=O)c2ccc3ccccc3c2)ccc1NC(=O)c1cccs1. The number of anilines is 2. The molecule has 0 unspecified atom stereocenters. The highest BCUT2D eigenvalue weighted by Gasteiger charge is 2.13. The largest absolute Gasteiger partial charge is 0.494 e. The van der Waals surface area contributed by atoms with Crippen LogP contribution in [-0.4, -0.2) is 24.0 Å². The standard InChI is InChI=1S/C24H19N3O3S2/c1-30-20-14-18(10-11-19(20)26-23(29)21-7-4-12-32-21)25-24(31)27-22(28)17-9-8-15-5-2-3-6-16(15)13-17/h2-14H,1H3,(H,26,29)(H2,25,27,28,31). The van der Waals surface area contributed by atoms with E-state index in [0.29, 0.717) is 27.6 Å². The van der Waals surface area contributed by atoms with E-state index in [1.807, 2.05) is 47.8 Å². The molecule has 0 aliphatic heterocycles. The molecule has 0 bridgehead atoms. The summed E-state index contributed by atoms with van der Waals surface area (Å²) in [5.74, 6) is -0.0548. The van der Waals surface area contributed by atoms with Gasteiger partial charge in [0, 0.05) is 17.3 Å². The molecule has 0 saturated heterocycles. The maximum Gasteiger partial charge on any atom is 0.265 e. The molecule has 160 valence electrons. The van der Waals surface area contributed by atoms with Crippen LogP contribution in [-0.2, 0) is 0 Å². The Hall–Kier alpha value is -3.75. The zero-order chi connectivity index (χ0) is 22.5. The highest BCUT2D eigenvalue weighted by atomic mass is 32.1. The van der Waals surface area contributed by atoms with Gasteiger partial charge in [0.15, 0.2) is 5.11 Å². The first-order valence-corrected chi connectivity index (χ1v) is 11.0. The zero-order valence-corrected chi connectivity index (χ0v) is 18.7. The van der Waals surface area contributed by atoms with Crippen LogP contribution in [0.25, 0.3) is 10.8 Å². The van der Waals surface area contributed by atoms with Crippen molar-refractivity contribution in [3.63, 3.8) is 0 Å². The van der Waals surface area contributed by atoms with Crippen molar-refractivity contribution in [2.45, 2.75) is 0 Å². The van der Waals surface area contributed by atoms with Crippen molar-refractivity contribution >= 4 is 62.6 Å². The van der Waals surface area contributed by atoms with E-state index in [9.17, 15) is 9.59 Å². The number of amides is 2. The molecule has 4 rings (SSSR count). The molecule has 1 aromatic heterocycles. The molecule has 6 nitrogen and oxygen atoms in total. The highest BCUT2D eigenvalue weighted by Crippen LogP contribution is 2.29. The molecule has 0 aliphatic rings. The average Bonchev–Trinajstić information content (AvgIpc) is 3.35. The van der Waals surface area contributed by atoms with Crippen LogP contribution in [0, 0.1) is 0 Å². The number of rotatable bonds is 5. The van der Waals surface area contributed by atoms with E-state index >= 15 is 0 Å². The van der Waals surface area contributed by atoms with Gasteiger partial charge in [-0.05, 0) is 58.7 Å². The normalized spacial score (nSPS) is 10.4. The van der Waals surface area contributed by atoms with E-state index < -0.39 is 0 Å². The van der Waals surface area contributed by atoms with Gasteiger partial charge < -0.3 is 15.4 Å². The second kappa shape index (κ2) is 9.59. The second-order valence-electron chi connectivity index (χ2n) is 6.82. The van der Waals surface area contributed by atoms with Gasteiger partial charge in [-0.2, -0.15) is 0 Å². The van der Waals surface area contributed by atoms with Crippen molar-refractivity contribution in [1.82, 2.24) is 5.32 Å². The number of thiocarbonyl (C=S) groups is 1. The molecule has 3 N–H and O–H groups in total. The van der Waals surface area contributed by atoms with Gasteiger partial charge in [-0.3, -0.25) is 14.9 Å². The molecule has 2 amide bonds. The summed E-state index contributed by atoms with van der Waals surface area (Å²) in [6.07, 6.45) is 0. The van der Waals surface area contributed by atoms with Crippen LogP contribution < -0.4 is 20.7 Å². The average molecular weight is 462 g/mol. The van der Waals surface area contributed by atoms with Gasteiger partial charge in [-0.15, -0.1) is 11.3 Å². The van der Waals surface area contributed by atoms with E-state index in [0.717, 1.165) is 10.8 Å². The molecule has 1 heterocycles. The van der Waals surface area contributed by atoms with Crippen molar-refractivity contribution in [2.75, 3.05) is 17.7 Å². The van der Waals surface area contributed by atoms with Crippen LogP contribution in [0.4, 0.5) is 11.4 Å². The minimum Gasteiger partial charge on any atom is -0.494 e. The molecule has 0 saturated carbocycles. The number of hydrogen-bond acceptors (Lipinski definition) is 5. The molecule has 3 aromatic carbocycles. The van der Waals surface area contributed by atoms with Gasteiger partial charge in [-0.1, -0.05) is 36.4 Å². The van der Waals surface area contributed by atoms with Crippen molar-refractivity contribution in [3.05, 3.63) is 88.6 Å². The van der Waals surface area contributed by atoms with Gasteiger partial charge >= 0.3 is 0 Å². The highest BCUT2D eigenvalue weighted by molar-refractivity contribution is 7.80. The quantitative estimate of drug-likeness (QED) is 0.352. The van der Waals surface area contributed by atoms with Crippen LogP contribution in [0.5, 0.6) is 5.75 Å². The molecule has 8 heteroatoms. The van der Waals surface area contributed by atoms with Crippen molar-refractivity contribution in [3.8, 4) is 5.75 Å². The van der Waals surface area contributed by atoms with E-state index in [1.165, 1.54) is 18.4 Å². The number of benzene rings is 3. The van der Waals surface area contributed by atoms with Crippen LogP contribution in [0.2, 0.25) is 0 Å². The third-order valence-corrected chi connectivity index (χ3v) is 5.76. The summed E-state index contributed by atoms with van der Waals surface area (Å²) in [4.78, 5) is 25.5. The summed E-state index contributed by atoms with van der Waals surface area (Å²) in [6, 6.07) is 22.0. The van der Waals surface area contributed by atoms with Crippen LogP contribution in [0.3, 0.4) is 0 Å². The van der Waals surface area contributed by atoms with Gasteiger partial charge in [0.1, 0.15) is 5.75 Å². The fourth-order valence-corrected chi connectivity index (χ4v) is 3.96. The maximum absolute atomic E-state index is 12.6. The van der Waals surface area contributed by atoms with Crippen molar-refractivity contribution in [1.29, 1.82) is 0 Å². The summed E-state index contributed by atoms with van der Waals surface area (Å²) >= 11 is 6.65. The molecule has 0 atom stereocenters. The summed E-state index contributed by atoms with van der Waals surface area (Å²) < 4.78 is 5.40. The number of fused-ring (bicyclic) bond motifs is 1. The summed E-state index contributed by atoms with van der Waals surface area (Å²) in [5.41, 5.74) is 1.65. The molecule has 4 aromatic rings. The molecule has 0 fully saturated rings. The number of carbonyl (C=O) groups is 2. The number of ether oxygens (including phenoxy) is 1. The van der Waals surface area contributed by atoms with Crippen LogP contribution >= 0.6 is 23.6 Å². The van der Waals surface area contributed by atoms with Crippen molar-refractivity contribution < 1.29 is 14.3 Å².